The smallest absolute Gasteiger partial charge is 0.394 e. The van der Waals surface area contributed by atoms with Gasteiger partial charge < -0.3 is 45.5 Å². The molecule has 6 N–H and O–H groups in total. The first-order chi connectivity index (χ1) is 22.8. The van der Waals surface area contributed by atoms with Gasteiger partial charge in [0, 0.05) is 36.4 Å². The largest absolute Gasteiger partial charge is 0.474 e. The topological polar surface area (TPSA) is 227 Å². The Morgan fingerprint density at radius 3 is 0.843 bits per heavy atom. The molecule has 0 rings (SSSR count). The molecule has 0 aliphatic rings. The second kappa shape index (κ2) is 18.5. The zero-order valence-corrected chi connectivity index (χ0v) is 33.1. The highest BCUT2D eigenvalue weighted by molar-refractivity contribution is 6.32. The van der Waals surface area contributed by atoms with Gasteiger partial charge in [0.15, 0.2) is 0 Å². The highest BCUT2D eigenvalue weighted by Crippen LogP contribution is 2.48. The van der Waals surface area contributed by atoms with Gasteiger partial charge in [0.1, 0.15) is 0 Å². The van der Waals surface area contributed by atoms with Crippen LogP contribution in [0.15, 0.2) is 0 Å². The molecular weight excluding hydrogens is 666 g/mol. The number of carboxylic acids is 3. The lowest BCUT2D eigenvalue weighted by Gasteiger charge is -2.47. The van der Waals surface area contributed by atoms with Crippen molar-refractivity contribution in [2.45, 2.75) is 168 Å². The number of amides is 3. The van der Waals surface area contributed by atoms with Crippen molar-refractivity contribution >= 4 is 35.6 Å². The molecular formula is C36H65N3O12. The Balaban J connectivity index is 6.10. The monoisotopic (exact) mass is 731 g/mol. The normalized spacial score (nSPS) is 13.4. The maximum atomic E-state index is 11.8. The number of nitrogens with one attached hydrogen (secondary N) is 3. The zero-order chi connectivity index (χ0) is 40.3. The van der Waals surface area contributed by atoms with Crippen molar-refractivity contribution in [3.8, 4) is 0 Å². The highest BCUT2D eigenvalue weighted by atomic mass is 16.5. The predicted molar refractivity (Wildman–Crippen MR) is 190 cm³/mol. The molecule has 0 aliphatic heterocycles. The molecule has 0 saturated carbocycles. The van der Waals surface area contributed by atoms with Gasteiger partial charge in [0.05, 0.1) is 16.8 Å². The summed E-state index contributed by atoms with van der Waals surface area (Å²) in [6.45, 7) is 25.0. The highest BCUT2D eigenvalue weighted by Gasteiger charge is 2.44. The van der Waals surface area contributed by atoms with Crippen molar-refractivity contribution in [2.75, 3.05) is 19.8 Å². The van der Waals surface area contributed by atoms with Crippen LogP contribution in [0, 0.1) is 5.41 Å². The van der Waals surface area contributed by atoms with Gasteiger partial charge in [0.2, 0.25) is 0 Å². The third-order valence-corrected chi connectivity index (χ3v) is 8.75. The van der Waals surface area contributed by atoms with E-state index in [1.54, 1.807) is 41.5 Å². The minimum Gasteiger partial charge on any atom is -0.474 e. The van der Waals surface area contributed by atoms with E-state index in [4.69, 9.17) is 29.5 Å². The van der Waals surface area contributed by atoms with Crippen LogP contribution < -0.4 is 16.0 Å². The molecule has 0 spiro atoms. The molecule has 15 nitrogen and oxygen atoms in total. The molecule has 0 aromatic carbocycles. The van der Waals surface area contributed by atoms with Crippen LogP contribution in [-0.4, -0.2) is 104 Å². The molecule has 0 bridgehead atoms. The van der Waals surface area contributed by atoms with E-state index < -0.39 is 74.5 Å². The maximum Gasteiger partial charge on any atom is 0.394 e. The van der Waals surface area contributed by atoms with E-state index in [0.717, 1.165) is 0 Å². The van der Waals surface area contributed by atoms with Crippen LogP contribution >= 0.6 is 0 Å². The average Bonchev–Trinajstić information content (AvgIpc) is 2.90. The molecule has 0 fully saturated rings. The summed E-state index contributed by atoms with van der Waals surface area (Å²) in [5, 5.41) is 34.5. The van der Waals surface area contributed by atoms with Crippen LogP contribution in [0.25, 0.3) is 0 Å². The summed E-state index contributed by atoms with van der Waals surface area (Å²) < 4.78 is 19.2. The summed E-state index contributed by atoms with van der Waals surface area (Å²) in [7, 11) is 0. The van der Waals surface area contributed by atoms with Crippen LogP contribution in [-0.2, 0) is 43.0 Å². The van der Waals surface area contributed by atoms with Crippen molar-refractivity contribution in [1.82, 2.24) is 16.0 Å². The van der Waals surface area contributed by atoms with Gasteiger partial charge in [-0.05, 0) is 127 Å². The van der Waals surface area contributed by atoms with E-state index in [0.29, 0.717) is 44.9 Å². The van der Waals surface area contributed by atoms with Gasteiger partial charge >= 0.3 is 35.6 Å². The van der Waals surface area contributed by atoms with Crippen LogP contribution in [0.5, 0.6) is 0 Å². The van der Waals surface area contributed by atoms with E-state index in [1.807, 2.05) is 41.5 Å². The molecule has 0 atom stereocenters. The van der Waals surface area contributed by atoms with Gasteiger partial charge in [-0.1, -0.05) is 13.3 Å². The molecule has 0 heterocycles. The minimum atomic E-state index is -1.56. The Bertz CT molecular complexity index is 1090. The maximum absolute atomic E-state index is 11.8. The number of aliphatic carboxylic acids is 3. The zero-order valence-electron chi connectivity index (χ0n) is 33.1. The van der Waals surface area contributed by atoms with E-state index in [1.165, 1.54) is 0 Å². The van der Waals surface area contributed by atoms with Gasteiger partial charge in [-0.2, -0.15) is 0 Å². The van der Waals surface area contributed by atoms with Crippen molar-refractivity contribution in [3.63, 3.8) is 0 Å². The fourth-order valence-corrected chi connectivity index (χ4v) is 6.44. The molecule has 51 heavy (non-hydrogen) atoms. The fraction of sp³-hybridized carbons (Fsp3) is 0.833. The lowest BCUT2D eigenvalue weighted by atomic mass is 9.65. The second-order valence-electron chi connectivity index (χ2n) is 17.4. The molecule has 0 radical (unpaired) electrons. The number of hydrogen-bond donors (Lipinski definition) is 6. The van der Waals surface area contributed by atoms with Crippen LogP contribution in [0.2, 0.25) is 0 Å². The number of rotatable bonds is 22. The standard InChI is InChI=1S/C36H65N3O12/c1-14-36(21-33(8,9)49-18-15-30(2,3)37-24(40)27(43)44,22-34(10,11)50-19-16-31(4,5)38-25(41)28(45)46)23-35(12,13)51-20-17-32(6,7)39-26(42)29(47)48/h14-23H2,1-13H3,(H,37,40)(H,38,41)(H,39,42)(H,43,44)(H,45,46)(H,47,48). The first-order valence-corrected chi connectivity index (χ1v) is 17.4. The summed E-state index contributed by atoms with van der Waals surface area (Å²) in [5.41, 5.74) is -4.94. The Kier molecular flexibility index (Phi) is 17.3. The summed E-state index contributed by atoms with van der Waals surface area (Å²) in [5.74, 6) is -7.95. The van der Waals surface area contributed by atoms with Crippen LogP contribution in [0.1, 0.15) is 135 Å². The summed E-state index contributed by atoms with van der Waals surface area (Å²) >= 11 is 0. The SMILES string of the molecule is CCC(CC(C)(C)OCCC(C)(C)NC(=O)C(=O)O)(CC(C)(C)OCCC(C)(C)NC(=O)C(=O)O)CC(C)(C)OCCC(C)(C)NC(=O)C(=O)O. The van der Waals surface area contributed by atoms with Crippen molar-refractivity contribution < 1.29 is 58.3 Å². The fourth-order valence-electron chi connectivity index (χ4n) is 6.44. The minimum absolute atomic E-state index is 0.244. The van der Waals surface area contributed by atoms with Crippen molar-refractivity contribution in [3.05, 3.63) is 0 Å². The Hall–Kier alpha value is -3.30. The molecule has 0 aromatic rings. The molecule has 0 unspecified atom stereocenters. The number of ether oxygens (including phenoxy) is 3. The van der Waals surface area contributed by atoms with E-state index in [-0.39, 0.29) is 19.8 Å². The molecule has 296 valence electrons. The van der Waals surface area contributed by atoms with Gasteiger partial charge in [-0.15, -0.1) is 0 Å². The summed E-state index contributed by atoms with van der Waals surface area (Å²) in [4.78, 5) is 68.4. The average molecular weight is 732 g/mol. The third-order valence-electron chi connectivity index (χ3n) is 8.75. The van der Waals surface area contributed by atoms with Crippen molar-refractivity contribution in [2.24, 2.45) is 5.41 Å². The molecule has 0 aromatic heterocycles. The molecule has 3 amide bonds. The second-order valence-corrected chi connectivity index (χ2v) is 17.4. The van der Waals surface area contributed by atoms with Crippen LogP contribution in [0.3, 0.4) is 0 Å². The quantitative estimate of drug-likeness (QED) is 0.0868. The Morgan fingerprint density at radius 1 is 0.451 bits per heavy atom. The number of carbonyl (C=O) groups excluding carboxylic acids is 3. The number of hydrogen-bond acceptors (Lipinski definition) is 9. The molecule has 15 heteroatoms. The first-order valence-electron chi connectivity index (χ1n) is 17.4. The van der Waals surface area contributed by atoms with Crippen LogP contribution in [0.4, 0.5) is 0 Å². The number of carbonyl (C=O) groups is 6. The lowest BCUT2D eigenvalue weighted by molar-refractivity contribution is -0.151. The Morgan fingerprint density at radius 2 is 0.667 bits per heavy atom. The first kappa shape index (κ1) is 47.7. The van der Waals surface area contributed by atoms with E-state index in [9.17, 15) is 28.8 Å². The van der Waals surface area contributed by atoms with E-state index in [2.05, 4.69) is 22.9 Å². The van der Waals surface area contributed by atoms with Gasteiger partial charge in [0.25, 0.3) is 0 Å². The lowest BCUT2D eigenvalue weighted by Crippen LogP contribution is -2.49. The van der Waals surface area contributed by atoms with Gasteiger partial charge in [-0.25, -0.2) is 14.4 Å². The summed E-state index contributed by atoms with van der Waals surface area (Å²) in [6.07, 6.45) is 3.50. The predicted octanol–water partition coefficient (Wildman–Crippen LogP) is 4.05. The summed E-state index contributed by atoms with van der Waals surface area (Å²) in [6, 6.07) is 0. The van der Waals surface area contributed by atoms with Gasteiger partial charge in [-0.3, -0.25) is 14.4 Å². The van der Waals surface area contributed by atoms with E-state index >= 15 is 0 Å². The third kappa shape index (κ3) is 19.8. The molecule has 0 saturated heterocycles. The molecule has 0 aliphatic carbocycles. The van der Waals surface area contributed by atoms with Crippen molar-refractivity contribution in [1.29, 1.82) is 0 Å². The number of carboxylic acid groups (broad SMARTS) is 3. The Labute approximate surface area is 303 Å².